The largest absolute Gasteiger partial charge is 0.492 e. The molecule has 0 aliphatic heterocycles. The van der Waals surface area contributed by atoms with Crippen molar-refractivity contribution in [1.82, 2.24) is 0 Å². The first kappa shape index (κ1) is 11.0. The lowest BCUT2D eigenvalue weighted by Crippen LogP contribution is -2.09. The van der Waals surface area contributed by atoms with Gasteiger partial charge in [-0.2, -0.15) is 8.42 Å². The molecular weight excluding hydrogens is 207 g/mol. The molecule has 0 atom stereocenters. The highest BCUT2D eigenvalue weighted by Crippen LogP contribution is 2.12. The van der Waals surface area contributed by atoms with Gasteiger partial charge in [0.05, 0.1) is 0 Å². The van der Waals surface area contributed by atoms with Gasteiger partial charge in [0.25, 0.3) is 0 Å². The molecule has 0 aromatic heterocycles. The maximum Gasteiger partial charge on any atom is 0.305 e. The lowest BCUT2D eigenvalue weighted by atomic mass is 10.2. The standard InChI is InChI=1S/C9H11FO3S/c1-8-3-2-4-9(7-8)13-5-6-14(10,11)12/h2-4,7H,5-6H2,1H3. The minimum atomic E-state index is -4.43. The summed E-state index contributed by atoms with van der Waals surface area (Å²) in [4.78, 5) is 0. The second-order valence-electron chi connectivity index (χ2n) is 2.91. The maximum absolute atomic E-state index is 12.1. The van der Waals surface area contributed by atoms with Gasteiger partial charge in [-0.05, 0) is 24.6 Å². The summed E-state index contributed by atoms with van der Waals surface area (Å²) in [7, 11) is -4.43. The van der Waals surface area contributed by atoms with E-state index in [0.717, 1.165) is 5.56 Å². The van der Waals surface area contributed by atoms with Crippen molar-refractivity contribution in [2.45, 2.75) is 6.92 Å². The topological polar surface area (TPSA) is 43.4 Å². The Bertz CT molecular complexity index is 400. The summed E-state index contributed by atoms with van der Waals surface area (Å²) in [5.74, 6) is -0.0605. The molecule has 0 saturated carbocycles. The first-order chi connectivity index (χ1) is 6.47. The summed E-state index contributed by atoms with van der Waals surface area (Å²) in [5.41, 5.74) is 1.01. The highest BCUT2D eigenvalue weighted by atomic mass is 32.3. The van der Waals surface area contributed by atoms with Crippen molar-refractivity contribution < 1.29 is 17.0 Å². The Labute approximate surface area is 82.7 Å². The van der Waals surface area contributed by atoms with Crippen LogP contribution in [0.3, 0.4) is 0 Å². The summed E-state index contributed by atoms with van der Waals surface area (Å²) in [6, 6.07) is 7.12. The summed E-state index contributed by atoms with van der Waals surface area (Å²) in [5, 5.41) is 0. The fourth-order valence-electron chi connectivity index (χ4n) is 0.964. The van der Waals surface area contributed by atoms with Crippen molar-refractivity contribution in [2.75, 3.05) is 12.4 Å². The third-order valence-electron chi connectivity index (χ3n) is 1.59. The minimum Gasteiger partial charge on any atom is -0.492 e. The van der Waals surface area contributed by atoms with Crippen molar-refractivity contribution >= 4 is 10.2 Å². The normalized spacial score (nSPS) is 11.3. The van der Waals surface area contributed by atoms with E-state index < -0.39 is 16.0 Å². The van der Waals surface area contributed by atoms with E-state index in [2.05, 4.69) is 0 Å². The Kier molecular flexibility index (Phi) is 3.46. The van der Waals surface area contributed by atoms with Crippen LogP contribution in [0, 0.1) is 6.92 Å². The lowest BCUT2D eigenvalue weighted by molar-refractivity contribution is 0.338. The van der Waals surface area contributed by atoms with Crippen molar-refractivity contribution in [3.05, 3.63) is 29.8 Å². The number of hydrogen-bond donors (Lipinski definition) is 0. The van der Waals surface area contributed by atoms with Crippen LogP contribution in [0.5, 0.6) is 5.75 Å². The van der Waals surface area contributed by atoms with Gasteiger partial charge >= 0.3 is 10.2 Å². The Morgan fingerprint density at radius 2 is 2.14 bits per heavy atom. The van der Waals surface area contributed by atoms with Gasteiger partial charge in [0, 0.05) is 0 Å². The zero-order valence-corrected chi connectivity index (χ0v) is 8.55. The average molecular weight is 218 g/mol. The van der Waals surface area contributed by atoms with Crippen LogP contribution in [0.2, 0.25) is 0 Å². The van der Waals surface area contributed by atoms with E-state index in [9.17, 15) is 12.3 Å². The van der Waals surface area contributed by atoms with Gasteiger partial charge in [0.15, 0.2) is 0 Å². The van der Waals surface area contributed by atoms with Crippen LogP contribution in [-0.2, 0) is 10.2 Å². The second kappa shape index (κ2) is 4.41. The number of ether oxygens (including phenoxy) is 1. The maximum atomic E-state index is 12.1. The van der Waals surface area contributed by atoms with E-state index in [4.69, 9.17) is 4.74 Å². The molecule has 0 heterocycles. The smallest absolute Gasteiger partial charge is 0.305 e. The van der Waals surface area contributed by atoms with Gasteiger partial charge in [0.2, 0.25) is 0 Å². The Morgan fingerprint density at radius 3 is 2.71 bits per heavy atom. The molecule has 0 spiro atoms. The third-order valence-corrected chi connectivity index (χ3v) is 2.24. The number of benzene rings is 1. The summed E-state index contributed by atoms with van der Waals surface area (Å²) < 4.78 is 37.4. The molecule has 1 aromatic carbocycles. The van der Waals surface area contributed by atoms with E-state index >= 15 is 0 Å². The number of hydrogen-bond acceptors (Lipinski definition) is 3. The predicted octanol–water partition coefficient (Wildman–Crippen LogP) is 1.67. The predicted molar refractivity (Wildman–Crippen MR) is 51.6 cm³/mol. The lowest BCUT2D eigenvalue weighted by Gasteiger charge is -2.04. The number of halogens is 1. The van der Waals surface area contributed by atoms with E-state index in [1.165, 1.54) is 0 Å². The molecule has 0 aliphatic carbocycles. The molecule has 0 saturated heterocycles. The molecule has 0 aliphatic rings. The average Bonchev–Trinajstić information content (AvgIpc) is 2.01. The van der Waals surface area contributed by atoms with Gasteiger partial charge in [-0.25, -0.2) is 0 Å². The molecule has 1 rings (SSSR count). The molecule has 78 valence electrons. The van der Waals surface area contributed by atoms with E-state index in [1.807, 2.05) is 13.0 Å². The molecular formula is C9H11FO3S. The van der Waals surface area contributed by atoms with E-state index in [-0.39, 0.29) is 6.61 Å². The Balaban J connectivity index is 2.47. The molecule has 0 radical (unpaired) electrons. The van der Waals surface area contributed by atoms with Gasteiger partial charge in [0.1, 0.15) is 18.1 Å². The quantitative estimate of drug-likeness (QED) is 0.722. The molecule has 0 N–H and O–H groups in total. The van der Waals surface area contributed by atoms with Crippen LogP contribution in [0.15, 0.2) is 24.3 Å². The Morgan fingerprint density at radius 1 is 1.43 bits per heavy atom. The molecule has 3 nitrogen and oxygen atoms in total. The fourth-order valence-corrected chi connectivity index (χ4v) is 1.25. The molecule has 1 aromatic rings. The van der Waals surface area contributed by atoms with Crippen LogP contribution in [-0.4, -0.2) is 20.8 Å². The summed E-state index contributed by atoms with van der Waals surface area (Å²) in [6.07, 6.45) is 0. The summed E-state index contributed by atoms with van der Waals surface area (Å²) >= 11 is 0. The van der Waals surface area contributed by atoms with Gasteiger partial charge in [-0.1, -0.05) is 12.1 Å². The van der Waals surface area contributed by atoms with Crippen LogP contribution in [0.4, 0.5) is 3.89 Å². The molecule has 0 amide bonds. The van der Waals surface area contributed by atoms with Crippen molar-refractivity contribution in [1.29, 1.82) is 0 Å². The van der Waals surface area contributed by atoms with Crippen molar-refractivity contribution in [3.63, 3.8) is 0 Å². The number of rotatable bonds is 4. The molecule has 0 unspecified atom stereocenters. The zero-order valence-electron chi connectivity index (χ0n) is 7.73. The summed E-state index contributed by atoms with van der Waals surface area (Å²) in [6.45, 7) is 1.72. The molecule has 0 bridgehead atoms. The van der Waals surface area contributed by atoms with Crippen LogP contribution >= 0.6 is 0 Å². The zero-order chi connectivity index (χ0) is 10.6. The first-order valence-electron chi connectivity index (χ1n) is 4.09. The highest BCUT2D eigenvalue weighted by Gasteiger charge is 2.06. The molecule has 5 heteroatoms. The van der Waals surface area contributed by atoms with E-state index in [0.29, 0.717) is 5.75 Å². The fraction of sp³-hybridized carbons (Fsp3) is 0.333. The highest BCUT2D eigenvalue weighted by molar-refractivity contribution is 7.86. The SMILES string of the molecule is Cc1cccc(OCCS(=O)(=O)F)c1. The van der Waals surface area contributed by atoms with Crippen LogP contribution in [0.25, 0.3) is 0 Å². The van der Waals surface area contributed by atoms with Gasteiger partial charge < -0.3 is 4.74 Å². The first-order valence-corrected chi connectivity index (χ1v) is 5.64. The molecule has 0 fully saturated rings. The van der Waals surface area contributed by atoms with E-state index in [1.54, 1.807) is 18.2 Å². The van der Waals surface area contributed by atoms with Gasteiger partial charge in [-0.3, -0.25) is 0 Å². The van der Waals surface area contributed by atoms with Crippen LogP contribution in [0.1, 0.15) is 5.56 Å². The second-order valence-corrected chi connectivity index (χ2v) is 4.39. The minimum absolute atomic E-state index is 0.164. The molecule has 14 heavy (non-hydrogen) atoms. The van der Waals surface area contributed by atoms with Gasteiger partial charge in [-0.15, -0.1) is 3.89 Å². The number of aryl methyl sites for hydroxylation is 1. The van der Waals surface area contributed by atoms with Crippen molar-refractivity contribution in [3.8, 4) is 5.75 Å². The Hall–Kier alpha value is -1.10. The third kappa shape index (κ3) is 4.23. The monoisotopic (exact) mass is 218 g/mol. The van der Waals surface area contributed by atoms with Crippen LogP contribution < -0.4 is 4.74 Å². The van der Waals surface area contributed by atoms with Crippen molar-refractivity contribution in [2.24, 2.45) is 0 Å².